The van der Waals surface area contributed by atoms with Crippen molar-refractivity contribution in [2.24, 2.45) is 17.8 Å². The molecule has 3 atom stereocenters. The van der Waals surface area contributed by atoms with Gasteiger partial charge in [0.05, 0.1) is 0 Å². The standard InChI is InChI=1S/C22H26F4/c1-2-3-4-5-10-17-19(23)21(25)18(22(26)20(17)24)13-15-12-11-14-8-6-7-9-16(14)15/h6-9,14-16H,2-5,10-13H2,1H3/t14?,15-,16-/m1/s1. The maximum atomic E-state index is 14.5. The summed E-state index contributed by atoms with van der Waals surface area (Å²) in [5.41, 5.74) is -0.865. The van der Waals surface area contributed by atoms with Gasteiger partial charge >= 0.3 is 0 Å². The molecule has 0 saturated heterocycles. The molecule has 26 heavy (non-hydrogen) atoms. The molecule has 3 rings (SSSR count). The van der Waals surface area contributed by atoms with Gasteiger partial charge in [0, 0.05) is 11.1 Å². The molecule has 1 aromatic rings. The van der Waals surface area contributed by atoms with Gasteiger partial charge in [0.2, 0.25) is 0 Å². The highest BCUT2D eigenvalue weighted by molar-refractivity contribution is 5.31. The highest BCUT2D eigenvalue weighted by atomic mass is 19.2. The fourth-order valence-electron chi connectivity index (χ4n) is 4.41. The van der Waals surface area contributed by atoms with E-state index >= 15 is 0 Å². The predicted octanol–water partition coefficient (Wildman–Crippen LogP) is 6.68. The second-order valence-electron chi connectivity index (χ2n) is 7.58. The topological polar surface area (TPSA) is 0 Å². The molecule has 1 saturated carbocycles. The zero-order valence-corrected chi connectivity index (χ0v) is 15.2. The first-order valence-electron chi connectivity index (χ1n) is 9.73. The summed E-state index contributed by atoms with van der Waals surface area (Å²) in [6.45, 7) is 2.03. The Bertz CT molecular complexity index is 676. The molecule has 0 nitrogen and oxygen atoms in total. The Hall–Kier alpha value is -1.58. The Morgan fingerprint density at radius 3 is 2.15 bits per heavy atom. The Morgan fingerprint density at radius 2 is 1.46 bits per heavy atom. The summed E-state index contributed by atoms with van der Waals surface area (Å²) in [6, 6.07) is 0. The van der Waals surface area contributed by atoms with Crippen LogP contribution in [0.25, 0.3) is 0 Å². The monoisotopic (exact) mass is 366 g/mol. The minimum absolute atomic E-state index is 0.0133. The van der Waals surface area contributed by atoms with Crippen LogP contribution in [0, 0.1) is 41.0 Å². The smallest absolute Gasteiger partial charge is 0.165 e. The summed E-state index contributed by atoms with van der Waals surface area (Å²) in [5, 5.41) is 0. The normalized spacial score (nSPS) is 24.3. The second kappa shape index (κ2) is 8.41. The average molecular weight is 366 g/mol. The predicted molar refractivity (Wildman–Crippen MR) is 95.8 cm³/mol. The molecule has 0 spiro atoms. The van der Waals surface area contributed by atoms with E-state index in [-0.39, 0.29) is 24.7 Å². The first-order valence-corrected chi connectivity index (χ1v) is 9.73. The largest absolute Gasteiger partial charge is 0.203 e. The van der Waals surface area contributed by atoms with Gasteiger partial charge in [0.15, 0.2) is 23.3 Å². The first kappa shape index (κ1) is 19.2. The van der Waals surface area contributed by atoms with Gasteiger partial charge in [-0.25, -0.2) is 17.6 Å². The van der Waals surface area contributed by atoms with E-state index in [1.807, 2.05) is 25.2 Å². The van der Waals surface area contributed by atoms with Gasteiger partial charge in [-0.15, -0.1) is 0 Å². The summed E-state index contributed by atoms with van der Waals surface area (Å²) in [5.74, 6) is -4.24. The zero-order chi connectivity index (χ0) is 18.7. The van der Waals surface area contributed by atoms with Gasteiger partial charge in [0.25, 0.3) is 0 Å². The Balaban J connectivity index is 1.80. The van der Waals surface area contributed by atoms with E-state index in [4.69, 9.17) is 0 Å². The van der Waals surface area contributed by atoms with Crippen molar-refractivity contribution in [3.05, 3.63) is 58.7 Å². The van der Waals surface area contributed by atoms with E-state index in [0.717, 1.165) is 32.1 Å². The average Bonchev–Trinajstić information content (AvgIpc) is 3.06. The lowest BCUT2D eigenvalue weighted by Gasteiger charge is -2.22. The third-order valence-corrected chi connectivity index (χ3v) is 5.90. The molecule has 1 fully saturated rings. The number of benzene rings is 1. The first-order chi connectivity index (χ1) is 12.5. The molecule has 0 radical (unpaired) electrons. The van der Waals surface area contributed by atoms with Crippen molar-refractivity contribution in [3.63, 3.8) is 0 Å². The van der Waals surface area contributed by atoms with E-state index in [0.29, 0.717) is 12.3 Å². The van der Waals surface area contributed by atoms with Crippen LogP contribution in [0.5, 0.6) is 0 Å². The van der Waals surface area contributed by atoms with Crippen LogP contribution < -0.4 is 0 Å². The number of hydrogen-bond acceptors (Lipinski definition) is 0. The van der Waals surface area contributed by atoms with Crippen LogP contribution in [0.3, 0.4) is 0 Å². The summed E-state index contributed by atoms with van der Waals surface area (Å²) in [7, 11) is 0. The number of unbranched alkanes of at least 4 members (excludes halogenated alkanes) is 3. The summed E-state index contributed by atoms with van der Waals surface area (Å²) >= 11 is 0. The SMILES string of the molecule is CCCCCCc1c(F)c(F)c(C[C@H]2CCC3C=CC=C[C@H]32)c(F)c1F. The van der Waals surface area contributed by atoms with Crippen LogP contribution in [0.2, 0.25) is 0 Å². The quantitative estimate of drug-likeness (QED) is 0.287. The van der Waals surface area contributed by atoms with Crippen LogP contribution in [0.4, 0.5) is 17.6 Å². The fourth-order valence-corrected chi connectivity index (χ4v) is 4.41. The molecule has 0 amide bonds. The zero-order valence-electron chi connectivity index (χ0n) is 15.2. The maximum Gasteiger partial charge on any atom is 0.165 e. The Kier molecular flexibility index (Phi) is 6.20. The minimum atomic E-state index is -1.20. The van der Waals surface area contributed by atoms with Crippen molar-refractivity contribution in [2.75, 3.05) is 0 Å². The van der Waals surface area contributed by atoms with Crippen molar-refractivity contribution in [1.82, 2.24) is 0 Å². The van der Waals surface area contributed by atoms with E-state index < -0.39 is 34.4 Å². The molecule has 2 aliphatic carbocycles. The highest BCUT2D eigenvalue weighted by Crippen LogP contribution is 2.43. The van der Waals surface area contributed by atoms with Gasteiger partial charge in [-0.1, -0.05) is 50.5 Å². The number of allylic oxidation sites excluding steroid dienone is 4. The molecule has 142 valence electrons. The van der Waals surface area contributed by atoms with Gasteiger partial charge in [-0.3, -0.25) is 0 Å². The van der Waals surface area contributed by atoms with Gasteiger partial charge in [0.1, 0.15) is 0 Å². The Morgan fingerprint density at radius 1 is 0.808 bits per heavy atom. The van der Waals surface area contributed by atoms with Crippen LogP contribution in [0.15, 0.2) is 24.3 Å². The molecule has 0 aromatic heterocycles. The van der Waals surface area contributed by atoms with Crippen molar-refractivity contribution in [3.8, 4) is 0 Å². The van der Waals surface area contributed by atoms with Crippen molar-refractivity contribution in [1.29, 1.82) is 0 Å². The molecule has 0 heterocycles. The fraction of sp³-hybridized carbons (Fsp3) is 0.545. The van der Waals surface area contributed by atoms with E-state index in [1.165, 1.54) is 0 Å². The van der Waals surface area contributed by atoms with E-state index in [9.17, 15) is 17.6 Å². The van der Waals surface area contributed by atoms with Crippen molar-refractivity contribution < 1.29 is 17.6 Å². The van der Waals surface area contributed by atoms with Crippen molar-refractivity contribution >= 4 is 0 Å². The van der Waals surface area contributed by atoms with Crippen LogP contribution in [0.1, 0.15) is 56.6 Å². The third kappa shape index (κ3) is 3.74. The summed E-state index contributed by atoms with van der Waals surface area (Å²) in [6.07, 6.45) is 13.2. The molecule has 0 aliphatic heterocycles. The van der Waals surface area contributed by atoms with E-state index in [1.54, 1.807) is 0 Å². The number of hydrogen-bond donors (Lipinski definition) is 0. The molecule has 0 bridgehead atoms. The van der Waals surface area contributed by atoms with Crippen molar-refractivity contribution in [2.45, 2.75) is 58.3 Å². The Labute approximate surface area is 153 Å². The molecular weight excluding hydrogens is 340 g/mol. The third-order valence-electron chi connectivity index (χ3n) is 5.90. The molecule has 4 heteroatoms. The van der Waals surface area contributed by atoms with Gasteiger partial charge < -0.3 is 0 Å². The lowest BCUT2D eigenvalue weighted by molar-refractivity contribution is 0.379. The molecule has 0 N–H and O–H groups in total. The minimum Gasteiger partial charge on any atom is -0.203 e. The van der Waals surface area contributed by atoms with Crippen LogP contribution in [-0.4, -0.2) is 0 Å². The lowest BCUT2D eigenvalue weighted by atomic mass is 9.83. The number of halogens is 4. The molecule has 2 aliphatic rings. The summed E-state index contributed by atoms with van der Waals surface area (Å²) in [4.78, 5) is 0. The summed E-state index contributed by atoms with van der Waals surface area (Å²) < 4.78 is 57.9. The highest BCUT2D eigenvalue weighted by Gasteiger charge is 2.36. The molecular formula is C22H26F4. The lowest BCUT2D eigenvalue weighted by Crippen LogP contribution is -2.18. The van der Waals surface area contributed by atoms with Gasteiger partial charge in [-0.2, -0.15) is 0 Å². The van der Waals surface area contributed by atoms with E-state index in [2.05, 4.69) is 6.08 Å². The van der Waals surface area contributed by atoms with Crippen LogP contribution >= 0.6 is 0 Å². The second-order valence-corrected chi connectivity index (χ2v) is 7.58. The number of rotatable bonds is 7. The molecule has 1 unspecified atom stereocenters. The molecule has 1 aromatic carbocycles. The van der Waals surface area contributed by atoms with Gasteiger partial charge in [-0.05, 0) is 49.9 Å². The number of fused-ring (bicyclic) bond motifs is 1. The van der Waals surface area contributed by atoms with Crippen LogP contribution in [-0.2, 0) is 12.8 Å². The maximum absolute atomic E-state index is 14.5.